The normalized spacial score (nSPS) is 25.0. The highest BCUT2D eigenvalue weighted by Gasteiger charge is 2.32. The number of amides is 1. The van der Waals surface area contributed by atoms with Crippen molar-refractivity contribution in [1.29, 1.82) is 0 Å². The Bertz CT molecular complexity index is 402. The van der Waals surface area contributed by atoms with Crippen LogP contribution in [-0.2, 0) is 0 Å². The number of likely N-dealkylation sites (tertiary alicyclic amines) is 1. The fourth-order valence-corrected chi connectivity index (χ4v) is 2.48. The average Bonchev–Trinajstić information content (AvgIpc) is 2.74. The molecule has 2 rings (SSSR count). The van der Waals surface area contributed by atoms with Crippen molar-refractivity contribution >= 4 is 5.91 Å². The highest BCUT2D eigenvalue weighted by Crippen LogP contribution is 2.24. The molecule has 0 aliphatic carbocycles. The minimum atomic E-state index is -0.0659. The maximum Gasteiger partial charge on any atom is 0.276 e. The van der Waals surface area contributed by atoms with Gasteiger partial charge in [0.2, 0.25) is 0 Å². The van der Waals surface area contributed by atoms with Crippen molar-refractivity contribution in [2.45, 2.75) is 32.7 Å². The fourth-order valence-electron chi connectivity index (χ4n) is 2.48. The van der Waals surface area contributed by atoms with Crippen molar-refractivity contribution in [3.05, 3.63) is 17.5 Å². The molecule has 1 aliphatic heterocycles. The Balaban J connectivity index is 2.17. The number of rotatable bonds is 2. The zero-order valence-corrected chi connectivity index (χ0v) is 10.3. The number of hydrogen-bond donors (Lipinski definition) is 1. The number of carbonyl (C=O) groups is 1. The van der Waals surface area contributed by atoms with E-state index in [1.54, 1.807) is 13.0 Å². The first-order valence-corrected chi connectivity index (χ1v) is 6.08. The molecule has 0 bridgehead atoms. The van der Waals surface area contributed by atoms with E-state index >= 15 is 0 Å². The van der Waals surface area contributed by atoms with Crippen LogP contribution in [0.25, 0.3) is 0 Å². The summed E-state index contributed by atoms with van der Waals surface area (Å²) in [5.74, 6) is 1.04. The monoisotopic (exact) mass is 237 g/mol. The van der Waals surface area contributed by atoms with Gasteiger partial charge in [0.05, 0.1) is 0 Å². The molecule has 0 aromatic carbocycles. The van der Waals surface area contributed by atoms with E-state index in [4.69, 9.17) is 10.3 Å². The van der Waals surface area contributed by atoms with Gasteiger partial charge in [0.1, 0.15) is 5.76 Å². The summed E-state index contributed by atoms with van der Waals surface area (Å²) < 4.78 is 4.94. The number of hydrogen-bond acceptors (Lipinski definition) is 4. The third-order valence-electron chi connectivity index (χ3n) is 3.47. The summed E-state index contributed by atoms with van der Waals surface area (Å²) in [6, 6.07) is 1.79. The minimum absolute atomic E-state index is 0.0659. The van der Waals surface area contributed by atoms with E-state index in [-0.39, 0.29) is 11.9 Å². The lowest BCUT2D eigenvalue weighted by Crippen LogP contribution is -2.51. The Kier molecular flexibility index (Phi) is 3.47. The number of carbonyl (C=O) groups excluding carboxylic acids is 1. The SMILES string of the molecule is Cc1cc(C(=O)N2CCCC(C)C2CN)no1. The largest absolute Gasteiger partial charge is 0.361 e. The minimum Gasteiger partial charge on any atom is -0.361 e. The molecule has 0 radical (unpaired) electrons. The molecule has 17 heavy (non-hydrogen) atoms. The molecule has 2 unspecified atom stereocenters. The van der Waals surface area contributed by atoms with Crippen LogP contribution >= 0.6 is 0 Å². The van der Waals surface area contributed by atoms with Gasteiger partial charge in [-0.1, -0.05) is 12.1 Å². The van der Waals surface area contributed by atoms with Crippen molar-refractivity contribution in [1.82, 2.24) is 10.1 Å². The molecule has 5 heteroatoms. The Hall–Kier alpha value is -1.36. The molecule has 5 nitrogen and oxygen atoms in total. The number of nitrogens with two attached hydrogens (primary N) is 1. The summed E-state index contributed by atoms with van der Waals surface area (Å²) in [6.45, 7) is 5.19. The molecule has 2 N–H and O–H groups in total. The molecule has 1 aromatic heterocycles. The fraction of sp³-hybridized carbons (Fsp3) is 0.667. The third-order valence-corrected chi connectivity index (χ3v) is 3.47. The van der Waals surface area contributed by atoms with Crippen molar-refractivity contribution < 1.29 is 9.32 Å². The Morgan fingerprint density at radius 3 is 3.06 bits per heavy atom. The van der Waals surface area contributed by atoms with Gasteiger partial charge < -0.3 is 15.2 Å². The van der Waals surface area contributed by atoms with Crippen LogP contribution in [0.3, 0.4) is 0 Å². The second-order valence-electron chi connectivity index (χ2n) is 4.74. The zero-order valence-electron chi connectivity index (χ0n) is 10.3. The Labute approximate surface area is 101 Å². The first-order valence-electron chi connectivity index (χ1n) is 6.08. The van der Waals surface area contributed by atoms with E-state index in [0.29, 0.717) is 23.9 Å². The lowest BCUT2D eigenvalue weighted by atomic mass is 9.90. The molecule has 1 fully saturated rings. The topological polar surface area (TPSA) is 72.4 Å². The van der Waals surface area contributed by atoms with Crippen molar-refractivity contribution in [2.24, 2.45) is 11.7 Å². The van der Waals surface area contributed by atoms with Gasteiger partial charge in [-0.2, -0.15) is 0 Å². The van der Waals surface area contributed by atoms with Gasteiger partial charge in [0.25, 0.3) is 5.91 Å². The summed E-state index contributed by atoms with van der Waals surface area (Å²) >= 11 is 0. The first-order chi connectivity index (χ1) is 8.13. The number of piperidine rings is 1. The second kappa shape index (κ2) is 4.87. The van der Waals surface area contributed by atoms with Gasteiger partial charge in [0, 0.05) is 25.2 Å². The molecule has 1 aliphatic rings. The van der Waals surface area contributed by atoms with E-state index in [1.165, 1.54) is 0 Å². The van der Waals surface area contributed by atoms with Gasteiger partial charge in [-0.15, -0.1) is 0 Å². The van der Waals surface area contributed by atoms with E-state index in [2.05, 4.69) is 12.1 Å². The van der Waals surface area contributed by atoms with Crippen molar-refractivity contribution in [3.8, 4) is 0 Å². The van der Waals surface area contributed by atoms with Gasteiger partial charge in [-0.05, 0) is 25.7 Å². The predicted molar refractivity (Wildman–Crippen MR) is 63.5 cm³/mol. The van der Waals surface area contributed by atoms with Gasteiger partial charge in [-0.25, -0.2) is 0 Å². The van der Waals surface area contributed by atoms with Crippen LogP contribution < -0.4 is 5.73 Å². The van der Waals surface area contributed by atoms with E-state index in [9.17, 15) is 4.79 Å². The molecule has 94 valence electrons. The van der Waals surface area contributed by atoms with Gasteiger partial charge in [0.15, 0.2) is 5.69 Å². The van der Waals surface area contributed by atoms with Crippen LogP contribution in [0, 0.1) is 12.8 Å². The summed E-state index contributed by atoms with van der Waals surface area (Å²) in [7, 11) is 0. The van der Waals surface area contributed by atoms with E-state index < -0.39 is 0 Å². The van der Waals surface area contributed by atoms with Crippen molar-refractivity contribution in [2.75, 3.05) is 13.1 Å². The lowest BCUT2D eigenvalue weighted by molar-refractivity contribution is 0.0522. The summed E-state index contributed by atoms with van der Waals surface area (Å²) in [5.41, 5.74) is 6.15. The Morgan fingerprint density at radius 2 is 2.47 bits per heavy atom. The summed E-state index contributed by atoms with van der Waals surface area (Å²) in [5, 5.41) is 3.78. The Morgan fingerprint density at radius 1 is 1.71 bits per heavy atom. The van der Waals surface area contributed by atoms with E-state index in [1.807, 2.05) is 4.90 Å². The van der Waals surface area contributed by atoms with Crippen LogP contribution in [0.4, 0.5) is 0 Å². The second-order valence-corrected chi connectivity index (χ2v) is 4.74. The smallest absolute Gasteiger partial charge is 0.276 e. The quantitative estimate of drug-likeness (QED) is 0.838. The van der Waals surface area contributed by atoms with Gasteiger partial charge in [-0.3, -0.25) is 4.79 Å². The maximum atomic E-state index is 12.3. The van der Waals surface area contributed by atoms with Crippen molar-refractivity contribution in [3.63, 3.8) is 0 Å². The highest BCUT2D eigenvalue weighted by atomic mass is 16.5. The molecule has 2 atom stereocenters. The van der Waals surface area contributed by atoms with Crippen LogP contribution in [-0.4, -0.2) is 35.1 Å². The lowest BCUT2D eigenvalue weighted by Gasteiger charge is -2.39. The molecule has 1 saturated heterocycles. The van der Waals surface area contributed by atoms with Crippen LogP contribution in [0.2, 0.25) is 0 Å². The maximum absolute atomic E-state index is 12.3. The number of nitrogens with zero attached hydrogens (tertiary/aromatic N) is 2. The highest BCUT2D eigenvalue weighted by molar-refractivity contribution is 5.92. The zero-order chi connectivity index (χ0) is 12.4. The number of aromatic nitrogens is 1. The average molecular weight is 237 g/mol. The third kappa shape index (κ3) is 2.34. The van der Waals surface area contributed by atoms with Crippen LogP contribution in [0.1, 0.15) is 36.0 Å². The molecule has 1 amide bonds. The van der Waals surface area contributed by atoms with Gasteiger partial charge >= 0.3 is 0 Å². The predicted octanol–water partition coefficient (Wildman–Crippen LogP) is 1.18. The molecular formula is C12H19N3O2. The molecule has 1 aromatic rings. The van der Waals surface area contributed by atoms with Crippen LogP contribution in [0.15, 0.2) is 10.6 Å². The molecule has 0 saturated carbocycles. The summed E-state index contributed by atoms with van der Waals surface area (Å²) in [4.78, 5) is 14.1. The molecule has 2 heterocycles. The first kappa shape index (κ1) is 12.1. The van der Waals surface area contributed by atoms with E-state index in [0.717, 1.165) is 19.4 Å². The molecule has 0 spiro atoms. The molecular weight excluding hydrogens is 218 g/mol. The summed E-state index contributed by atoms with van der Waals surface area (Å²) in [6.07, 6.45) is 2.16. The number of aryl methyl sites for hydroxylation is 1. The standard InChI is InChI=1S/C12H19N3O2/c1-8-4-3-5-15(11(8)7-13)12(16)10-6-9(2)17-14-10/h6,8,11H,3-5,7,13H2,1-2H3. The van der Waals surface area contributed by atoms with Crippen LogP contribution in [0.5, 0.6) is 0 Å².